The van der Waals surface area contributed by atoms with Crippen LogP contribution in [0.5, 0.6) is 0 Å². The van der Waals surface area contributed by atoms with E-state index in [0.717, 1.165) is 41.5 Å². The van der Waals surface area contributed by atoms with Gasteiger partial charge in [-0.15, -0.1) is 0 Å². The summed E-state index contributed by atoms with van der Waals surface area (Å²) in [5, 5.41) is 10.3. The van der Waals surface area contributed by atoms with E-state index in [0.29, 0.717) is 11.8 Å². The SMILES string of the molecule is CCC1C2=C(C=CCC2)C=CN1C(C=O)(C(=O)O)c1c(C)cc(C)cc1C. The Hall–Kier alpha value is -2.62. The van der Waals surface area contributed by atoms with Crippen LogP contribution in [0.2, 0.25) is 0 Å². The second-order valence-electron chi connectivity index (χ2n) is 7.53. The third-order valence-electron chi connectivity index (χ3n) is 5.75. The highest BCUT2D eigenvalue weighted by atomic mass is 16.4. The van der Waals surface area contributed by atoms with Gasteiger partial charge in [-0.3, -0.25) is 4.79 Å². The van der Waals surface area contributed by atoms with Gasteiger partial charge in [-0.2, -0.15) is 0 Å². The molecule has 27 heavy (non-hydrogen) atoms. The highest BCUT2D eigenvalue weighted by molar-refractivity contribution is 5.99. The van der Waals surface area contributed by atoms with E-state index in [4.69, 9.17) is 0 Å². The zero-order valence-corrected chi connectivity index (χ0v) is 16.5. The minimum absolute atomic E-state index is 0.114. The number of carboxylic acids is 1. The fourth-order valence-corrected chi connectivity index (χ4v) is 4.76. The second-order valence-corrected chi connectivity index (χ2v) is 7.53. The van der Waals surface area contributed by atoms with Crippen molar-refractivity contribution in [2.45, 2.75) is 58.5 Å². The molecule has 1 aromatic rings. The van der Waals surface area contributed by atoms with Crippen LogP contribution >= 0.6 is 0 Å². The summed E-state index contributed by atoms with van der Waals surface area (Å²) in [7, 11) is 0. The van der Waals surface area contributed by atoms with Gasteiger partial charge in [0.1, 0.15) is 0 Å². The van der Waals surface area contributed by atoms with Gasteiger partial charge in [0.25, 0.3) is 0 Å². The Bertz CT molecular complexity index is 855. The maximum absolute atomic E-state index is 12.6. The molecule has 0 amide bonds. The summed E-state index contributed by atoms with van der Waals surface area (Å²) in [6, 6.07) is 3.79. The van der Waals surface area contributed by atoms with Gasteiger partial charge in [0.15, 0.2) is 6.29 Å². The van der Waals surface area contributed by atoms with Gasteiger partial charge in [0.2, 0.25) is 5.54 Å². The largest absolute Gasteiger partial charge is 0.479 e. The van der Waals surface area contributed by atoms with Gasteiger partial charge in [0, 0.05) is 11.8 Å². The lowest BCUT2D eigenvalue weighted by Crippen LogP contribution is -2.56. The number of aryl methyl sites for hydroxylation is 3. The molecule has 0 aromatic heterocycles. The van der Waals surface area contributed by atoms with E-state index in [1.165, 1.54) is 5.57 Å². The molecule has 0 radical (unpaired) electrons. The Morgan fingerprint density at radius 3 is 2.48 bits per heavy atom. The average molecular weight is 365 g/mol. The number of rotatable bonds is 5. The topological polar surface area (TPSA) is 57.6 Å². The summed E-state index contributed by atoms with van der Waals surface area (Å²) in [6.07, 6.45) is 11.2. The highest BCUT2D eigenvalue weighted by Crippen LogP contribution is 2.41. The lowest BCUT2D eigenvalue weighted by atomic mass is 9.78. The molecule has 1 heterocycles. The molecule has 4 heteroatoms. The Kier molecular flexibility index (Phi) is 5.09. The number of nitrogens with zero attached hydrogens (tertiary/aromatic N) is 1. The first-order chi connectivity index (χ1) is 12.9. The molecule has 2 unspecified atom stereocenters. The van der Waals surface area contributed by atoms with E-state index in [1.807, 2.05) is 45.9 Å². The van der Waals surface area contributed by atoms with Crippen molar-refractivity contribution in [1.82, 2.24) is 4.90 Å². The van der Waals surface area contributed by atoms with Gasteiger partial charge < -0.3 is 10.0 Å². The summed E-state index contributed by atoms with van der Waals surface area (Å²) >= 11 is 0. The summed E-state index contributed by atoms with van der Waals surface area (Å²) in [5.41, 5.74) is 3.92. The fourth-order valence-electron chi connectivity index (χ4n) is 4.76. The van der Waals surface area contributed by atoms with Crippen molar-refractivity contribution in [2.24, 2.45) is 0 Å². The summed E-state index contributed by atoms with van der Waals surface area (Å²) in [6.45, 7) is 7.80. The highest BCUT2D eigenvalue weighted by Gasteiger charge is 2.50. The maximum atomic E-state index is 12.6. The average Bonchev–Trinajstić information content (AvgIpc) is 2.63. The van der Waals surface area contributed by atoms with Gasteiger partial charge in [-0.05, 0) is 68.4 Å². The van der Waals surface area contributed by atoms with Crippen molar-refractivity contribution in [3.8, 4) is 0 Å². The Balaban J connectivity index is 2.24. The smallest absolute Gasteiger partial charge is 0.341 e. The van der Waals surface area contributed by atoms with E-state index >= 15 is 0 Å². The van der Waals surface area contributed by atoms with Gasteiger partial charge >= 0.3 is 5.97 Å². The van der Waals surface area contributed by atoms with Crippen LogP contribution in [0.15, 0.2) is 47.7 Å². The van der Waals surface area contributed by atoms with Gasteiger partial charge in [0.05, 0.1) is 6.04 Å². The molecule has 2 aliphatic rings. The number of allylic oxidation sites excluding steroid dienone is 4. The number of benzene rings is 1. The van der Waals surface area contributed by atoms with Crippen molar-refractivity contribution in [1.29, 1.82) is 0 Å². The molecule has 0 spiro atoms. The number of hydrogen-bond donors (Lipinski definition) is 1. The van der Waals surface area contributed by atoms with Gasteiger partial charge in [-0.25, -0.2) is 4.79 Å². The van der Waals surface area contributed by atoms with Crippen molar-refractivity contribution in [3.05, 3.63) is 70.0 Å². The van der Waals surface area contributed by atoms with E-state index in [-0.39, 0.29) is 6.04 Å². The molecule has 1 aromatic carbocycles. The molecule has 1 aliphatic carbocycles. The molecule has 0 saturated heterocycles. The number of carbonyl (C=O) groups is 2. The first-order valence-electron chi connectivity index (χ1n) is 9.51. The quantitative estimate of drug-likeness (QED) is 0.623. The lowest BCUT2D eigenvalue weighted by Gasteiger charge is -2.46. The van der Waals surface area contributed by atoms with E-state index in [9.17, 15) is 14.7 Å². The van der Waals surface area contributed by atoms with Crippen molar-refractivity contribution < 1.29 is 14.7 Å². The van der Waals surface area contributed by atoms with Crippen LogP contribution in [-0.4, -0.2) is 28.3 Å². The monoisotopic (exact) mass is 365 g/mol. The number of aldehydes is 1. The number of carbonyl (C=O) groups excluding carboxylic acids is 1. The van der Waals surface area contributed by atoms with Crippen LogP contribution in [0.4, 0.5) is 0 Å². The Labute approximate surface area is 160 Å². The predicted molar refractivity (Wildman–Crippen MR) is 106 cm³/mol. The van der Waals surface area contributed by atoms with Crippen LogP contribution in [0.3, 0.4) is 0 Å². The molecular weight excluding hydrogens is 338 g/mol. The van der Waals surface area contributed by atoms with Crippen LogP contribution in [-0.2, 0) is 15.1 Å². The van der Waals surface area contributed by atoms with Gasteiger partial charge in [-0.1, -0.05) is 36.8 Å². The predicted octanol–water partition coefficient (Wildman–Crippen LogP) is 4.35. The van der Waals surface area contributed by atoms with Crippen LogP contribution in [0.25, 0.3) is 0 Å². The number of carboxylic acid groups (broad SMARTS) is 1. The lowest BCUT2D eigenvalue weighted by molar-refractivity contribution is -0.154. The standard InChI is InChI=1S/C23H27NO3/c1-5-20-19-9-7-6-8-18(19)10-11-24(20)23(14-25,22(26)27)21-16(3)12-15(2)13-17(21)4/h6,8,10-14,20H,5,7,9H2,1-4H3,(H,26,27). The molecule has 0 fully saturated rings. The summed E-state index contributed by atoms with van der Waals surface area (Å²) in [5.74, 6) is -1.13. The third-order valence-corrected chi connectivity index (χ3v) is 5.75. The molecule has 4 nitrogen and oxygen atoms in total. The van der Waals surface area contributed by atoms with Crippen molar-refractivity contribution >= 4 is 12.3 Å². The second kappa shape index (κ2) is 7.18. The van der Waals surface area contributed by atoms with Crippen LogP contribution in [0, 0.1) is 20.8 Å². The fraction of sp³-hybridized carbons (Fsp3) is 0.391. The zero-order chi connectivity index (χ0) is 19.8. The molecule has 0 bridgehead atoms. The first-order valence-corrected chi connectivity index (χ1v) is 9.51. The summed E-state index contributed by atoms with van der Waals surface area (Å²) < 4.78 is 0. The molecular formula is C23H27NO3. The Morgan fingerprint density at radius 1 is 1.26 bits per heavy atom. The first kappa shape index (κ1) is 19.2. The Morgan fingerprint density at radius 2 is 1.93 bits per heavy atom. The number of aliphatic carboxylic acids is 1. The minimum atomic E-state index is -1.74. The summed E-state index contributed by atoms with van der Waals surface area (Å²) in [4.78, 5) is 26.9. The molecule has 1 aliphatic heterocycles. The zero-order valence-electron chi connectivity index (χ0n) is 16.5. The van der Waals surface area contributed by atoms with Crippen LogP contribution in [0.1, 0.15) is 48.4 Å². The van der Waals surface area contributed by atoms with E-state index in [1.54, 1.807) is 11.1 Å². The minimum Gasteiger partial charge on any atom is -0.479 e. The molecule has 2 atom stereocenters. The molecule has 142 valence electrons. The maximum Gasteiger partial charge on any atom is 0.341 e. The molecule has 0 saturated carbocycles. The molecule has 1 N–H and O–H groups in total. The number of hydrogen-bond acceptors (Lipinski definition) is 3. The van der Waals surface area contributed by atoms with Crippen LogP contribution < -0.4 is 0 Å². The van der Waals surface area contributed by atoms with E-state index < -0.39 is 11.5 Å². The normalized spacial score (nSPS) is 21.0. The molecule has 3 rings (SSSR count). The van der Waals surface area contributed by atoms with E-state index in [2.05, 4.69) is 12.2 Å². The third kappa shape index (κ3) is 2.93. The van der Waals surface area contributed by atoms with Crippen molar-refractivity contribution in [2.75, 3.05) is 0 Å². The van der Waals surface area contributed by atoms with Crippen molar-refractivity contribution in [3.63, 3.8) is 0 Å².